The molecule has 4 nitrogen and oxygen atoms in total. The third-order valence-corrected chi connectivity index (χ3v) is 0. The molecule has 0 aromatic carbocycles. The summed E-state index contributed by atoms with van der Waals surface area (Å²) in [4.78, 5) is 0. The predicted octanol–water partition coefficient (Wildman–Crippen LogP) is -4.29. The van der Waals surface area contributed by atoms with Crippen molar-refractivity contribution in [1.82, 2.24) is 0 Å². The van der Waals surface area contributed by atoms with Gasteiger partial charge in [0.1, 0.15) is 0 Å². The van der Waals surface area contributed by atoms with Crippen LogP contribution in [0.5, 0.6) is 0 Å². The fraction of sp³-hybridized carbons (Fsp3) is 0. The maximum Gasteiger partial charge on any atom is 2.00 e. The Balaban J connectivity index is -0.0000000400. The first-order chi connectivity index (χ1) is 2.83. The van der Waals surface area contributed by atoms with Crippen LogP contribution in [-0.2, 0) is 7.56 Å². The van der Waals surface area contributed by atoms with Gasteiger partial charge in [-0.3, -0.25) is 0 Å². The van der Waals surface area contributed by atoms with Gasteiger partial charge in [-0.1, -0.05) is 0 Å². The van der Waals surface area contributed by atoms with Gasteiger partial charge in [0.05, 0.1) is 0 Å². The summed E-state index contributed by atoms with van der Waals surface area (Å²) in [6.07, 6.45) is 0. The topological polar surface area (TPSA) is 80.3 Å². The van der Waals surface area contributed by atoms with E-state index in [1.807, 2.05) is 0 Å². The van der Waals surface area contributed by atoms with E-state index >= 15 is 0 Å². The molecule has 0 bridgehead atoms. The van der Waals surface area contributed by atoms with Gasteiger partial charge in [-0.25, -0.2) is 0 Å². The SMILES string of the molecule is [O]=[GeH][O-].[O]=[GeH][O-].[Te+2]. The van der Waals surface area contributed by atoms with Gasteiger partial charge in [0, 0.05) is 0 Å². The van der Waals surface area contributed by atoms with Crippen LogP contribution in [0.2, 0.25) is 0 Å². The van der Waals surface area contributed by atoms with Gasteiger partial charge in [-0.15, -0.1) is 0 Å². The maximum absolute atomic E-state index is 8.53. The van der Waals surface area contributed by atoms with E-state index < -0.39 is 31.4 Å². The molecule has 0 unspecified atom stereocenters. The molecule has 4 radical (unpaired) electrons. The van der Waals surface area contributed by atoms with Gasteiger partial charge < -0.3 is 0 Å². The van der Waals surface area contributed by atoms with E-state index in [-0.39, 0.29) is 23.7 Å². The minimum atomic E-state index is -2.19. The van der Waals surface area contributed by atoms with Crippen LogP contribution in [0, 0.1) is 0 Å². The van der Waals surface area contributed by atoms with Crippen LogP contribution in [0.25, 0.3) is 0 Å². The number of hydrogen-bond acceptors (Lipinski definition) is 4. The van der Waals surface area contributed by atoms with Gasteiger partial charge >= 0.3 is 70.9 Å². The summed E-state index contributed by atoms with van der Waals surface area (Å²) >= 11 is -4.38. The average molecular weight is 339 g/mol. The molecule has 7 heavy (non-hydrogen) atoms. The van der Waals surface area contributed by atoms with Crippen molar-refractivity contribution in [2.75, 3.05) is 0 Å². The second-order valence-corrected chi connectivity index (χ2v) is 1.00. The molecule has 0 saturated heterocycles. The molecule has 0 heterocycles. The summed E-state index contributed by atoms with van der Waals surface area (Å²) in [7, 11) is 0. The second kappa shape index (κ2) is 27.6. The van der Waals surface area contributed by atoms with Crippen molar-refractivity contribution < 1.29 is 15.8 Å². The van der Waals surface area contributed by atoms with Gasteiger partial charge in [0.15, 0.2) is 0 Å². The summed E-state index contributed by atoms with van der Waals surface area (Å²) in [6, 6.07) is 0. The Kier molecular flexibility index (Phi) is 61.9. The molecule has 0 saturated carbocycles. The van der Waals surface area contributed by atoms with Crippen molar-refractivity contribution in [3.8, 4) is 0 Å². The molecule has 0 rings (SSSR count). The largest absolute Gasteiger partial charge is 2.00 e. The van der Waals surface area contributed by atoms with Crippen LogP contribution < -0.4 is 8.27 Å². The van der Waals surface area contributed by atoms with E-state index in [4.69, 9.17) is 15.8 Å². The Labute approximate surface area is 70.5 Å². The standard InChI is InChI=1S/2GeHO2.Te/c2*2-1-3;/h2*1H;/q2*-1;+2. The molecule has 0 N–H and O–H groups in total. The van der Waals surface area contributed by atoms with E-state index in [2.05, 4.69) is 0 Å². The zero-order valence-electron chi connectivity index (χ0n) is 3.20. The molecule has 0 aliphatic rings. The molecule has 0 aliphatic heterocycles. The van der Waals surface area contributed by atoms with E-state index in [9.17, 15) is 0 Å². The van der Waals surface area contributed by atoms with Crippen molar-refractivity contribution in [2.45, 2.75) is 0 Å². The average Bonchev–Trinajstić information content (AvgIpc) is 1.39. The summed E-state index contributed by atoms with van der Waals surface area (Å²) in [5, 5.41) is 0. The maximum atomic E-state index is 8.53. The Morgan fingerprint density at radius 3 is 1.00 bits per heavy atom. The molecular formula is H2Ge2O4Te. The van der Waals surface area contributed by atoms with Crippen molar-refractivity contribution in [3.63, 3.8) is 0 Å². The van der Waals surface area contributed by atoms with Crippen molar-refractivity contribution in [2.24, 2.45) is 0 Å². The smallest absolute Gasteiger partial charge is 2.00 e. The van der Waals surface area contributed by atoms with E-state index in [1.165, 1.54) is 0 Å². The van der Waals surface area contributed by atoms with Gasteiger partial charge in [0.25, 0.3) is 0 Å². The molecular weight excluding hydrogens is 337 g/mol. The first-order valence-electron chi connectivity index (χ1n) is 0.943. The van der Waals surface area contributed by atoms with Crippen LogP contribution in [0.4, 0.5) is 0 Å². The van der Waals surface area contributed by atoms with Crippen molar-refractivity contribution in [3.05, 3.63) is 0 Å². The van der Waals surface area contributed by atoms with Crippen LogP contribution in [0.15, 0.2) is 0 Å². The fourth-order valence-electron chi connectivity index (χ4n) is 0. The van der Waals surface area contributed by atoms with Crippen LogP contribution in [0.1, 0.15) is 0 Å². The quantitative estimate of drug-likeness (QED) is 0.419. The fourth-order valence-corrected chi connectivity index (χ4v) is 0. The zero-order chi connectivity index (χ0) is 5.41. The molecule has 7 heteroatoms. The minimum Gasteiger partial charge on any atom is 2.00 e. The Morgan fingerprint density at radius 1 is 1.00 bits per heavy atom. The molecule has 40 valence electrons. The Morgan fingerprint density at radius 2 is 1.00 bits per heavy atom. The minimum absolute atomic E-state index is 0. The predicted molar refractivity (Wildman–Crippen MR) is 21.4 cm³/mol. The molecule has 0 aromatic rings. The molecule has 0 fully saturated rings. The van der Waals surface area contributed by atoms with Crippen LogP contribution in [0.3, 0.4) is 0 Å². The molecule has 0 amide bonds. The van der Waals surface area contributed by atoms with Gasteiger partial charge in [-0.05, 0) is 0 Å². The summed E-state index contributed by atoms with van der Waals surface area (Å²) < 4.78 is 34.1. The molecule has 0 spiro atoms. The van der Waals surface area contributed by atoms with Gasteiger partial charge in [-0.2, -0.15) is 0 Å². The molecule has 0 atom stereocenters. The van der Waals surface area contributed by atoms with Gasteiger partial charge in [0.2, 0.25) is 0 Å². The van der Waals surface area contributed by atoms with Crippen LogP contribution >= 0.6 is 0 Å². The van der Waals surface area contributed by atoms with Crippen molar-refractivity contribution in [1.29, 1.82) is 0 Å². The summed E-state index contributed by atoms with van der Waals surface area (Å²) in [5.74, 6) is 0. The first kappa shape index (κ1) is 15.7. The molecule has 0 aliphatic carbocycles. The summed E-state index contributed by atoms with van der Waals surface area (Å²) in [6.45, 7) is 0. The Bertz CT molecular complexity index is 30.7. The zero-order valence-corrected chi connectivity index (χ0v) is 10.4. The van der Waals surface area contributed by atoms with E-state index in [0.29, 0.717) is 0 Å². The molecule has 0 aromatic heterocycles. The van der Waals surface area contributed by atoms with E-state index in [0.717, 1.165) is 0 Å². The normalized spacial score (nSPS) is 3.43. The Hall–Kier alpha value is 1.08. The third-order valence-electron chi connectivity index (χ3n) is 0. The monoisotopic (exact) mass is 344 g/mol. The number of rotatable bonds is 0. The second-order valence-electron chi connectivity index (χ2n) is 0.192. The number of hydrogen-bond donors (Lipinski definition) is 0. The van der Waals surface area contributed by atoms with Crippen LogP contribution in [-0.4, -0.2) is 55.1 Å². The summed E-state index contributed by atoms with van der Waals surface area (Å²) in [5.41, 5.74) is 0. The van der Waals surface area contributed by atoms with E-state index in [1.54, 1.807) is 0 Å². The first-order valence-corrected chi connectivity index (χ1v) is 4.90. The van der Waals surface area contributed by atoms with Crippen molar-refractivity contribution >= 4 is 55.1 Å². The third kappa shape index (κ3) is 158.